The molecule has 1 aliphatic rings. The van der Waals surface area contributed by atoms with Crippen molar-refractivity contribution in [3.8, 4) is 0 Å². The first-order chi connectivity index (χ1) is 20.2. The summed E-state index contributed by atoms with van der Waals surface area (Å²) >= 11 is 0. The van der Waals surface area contributed by atoms with Gasteiger partial charge >= 0.3 is 0 Å². The fraction of sp³-hybridized carbons (Fsp3) is 0.452. The summed E-state index contributed by atoms with van der Waals surface area (Å²) in [6.45, 7) is 10.3. The van der Waals surface area contributed by atoms with Crippen LogP contribution in [0, 0.1) is 11.2 Å². The topological polar surface area (TPSA) is 163 Å². The molecule has 0 bridgehead atoms. The zero-order chi connectivity index (χ0) is 31.5. The molecule has 1 aliphatic heterocycles. The van der Waals surface area contributed by atoms with Crippen molar-refractivity contribution in [2.75, 3.05) is 59.0 Å². The molecule has 2 aromatic rings. The molecule has 4 amide bonds. The standard InChI is InChI=1S/C21H21FN4O3.C7H15N2O2.C2H6.CH4.Fm/c22-18-6-5-14(12-19(23)15-3-1-2-4-16(15)20(24)28)11-17(18)21(29)26-9-7-25(13-27)8-10-26;1-2-9(7-10)4-6-11-5-3-8;1-2;;/h1-6,11,13,23H,7-10,12H2,(H2,24,28);2-6,8H2,1H3;1-2H3;1H4;/q;-1;;;. The van der Waals surface area contributed by atoms with Crippen LogP contribution in [0.3, 0.4) is 0 Å². The van der Waals surface area contributed by atoms with Crippen LogP contribution in [0.1, 0.15) is 60.0 Å². The minimum atomic E-state index is -0.638. The third-order valence-corrected chi connectivity index (χ3v) is 6.19. The van der Waals surface area contributed by atoms with E-state index in [0.717, 1.165) is 6.41 Å². The van der Waals surface area contributed by atoms with Gasteiger partial charge in [-0.15, -0.1) is 0 Å². The summed E-state index contributed by atoms with van der Waals surface area (Å²) in [5.41, 5.74) is 11.9. The molecular formula is C31H46FFmN6O5-. The normalized spacial score (nSPS) is 11.7. The molecule has 0 saturated carbocycles. The molecule has 5 N–H and O–H groups in total. The molecule has 1 saturated heterocycles. The van der Waals surface area contributed by atoms with Crippen LogP contribution < -0.4 is 11.5 Å². The van der Waals surface area contributed by atoms with Crippen molar-refractivity contribution in [1.29, 1.82) is 5.41 Å². The van der Waals surface area contributed by atoms with Crippen molar-refractivity contribution in [3.05, 3.63) is 70.5 Å². The number of hydrogen-bond donors (Lipinski definition) is 3. The summed E-state index contributed by atoms with van der Waals surface area (Å²) in [6, 6.07) is 10.7. The third-order valence-electron chi connectivity index (χ3n) is 6.19. The van der Waals surface area contributed by atoms with Gasteiger partial charge < -0.3 is 41.1 Å². The van der Waals surface area contributed by atoms with Gasteiger partial charge in [0.25, 0.3) is 5.91 Å². The maximum Gasteiger partial charge on any atom is 0.256 e. The summed E-state index contributed by atoms with van der Waals surface area (Å²) in [5, 5.41) is 8.34. The van der Waals surface area contributed by atoms with Gasteiger partial charge in [-0.3, -0.25) is 14.4 Å². The number of halogens is 1. The van der Waals surface area contributed by atoms with Crippen LogP contribution in [0.2, 0.25) is 0 Å². The first-order valence-corrected chi connectivity index (χ1v) is 13.9. The Labute approximate surface area is 254 Å². The number of hydrogen-bond acceptors (Lipinski definition) is 7. The van der Waals surface area contributed by atoms with Crippen LogP contribution in [-0.2, 0) is 20.7 Å². The maximum absolute atomic E-state index is 14.3. The molecule has 0 aliphatic carbocycles. The Hall–Kier alpha value is -5.16. The number of nitrogens with one attached hydrogen (secondary N) is 1. The second kappa shape index (κ2) is 22.4. The third kappa shape index (κ3) is 12.8. The Morgan fingerprint density at radius 1 is 1.07 bits per heavy atom. The molecule has 0 radical (unpaired) electrons. The number of ether oxygens (including phenoxy) is 1. The predicted octanol–water partition coefficient (Wildman–Crippen LogP) is 2.46. The van der Waals surface area contributed by atoms with Gasteiger partial charge in [0.15, 0.2) is 0 Å². The summed E-state index contributed by atoms with van der Waals surface area (Å²) < 4.78 is 19.4. The largest absolute Gasteiger partial charge is 0.520 e. The quantitative estimate of drug-likeness (QED) is 0.0923. The van der Waals surface area contributed by atoms with E-state index in [0.29, 0.717) is 70.2 Å². The van der Waals surface area contributed by atoms with Gasteiger partial charge in [-0.05, 0) is 30.3 Å². The van der Waals surface area contributed by atoms with Crippen LogP contribution in [0.15, 0.2) is 42.5 Å². The number of nitrogens with zero attached hydrogens (tertiary/aromatic N) is 3. The smallest absolute Gasteiger partial charge is 0.256 e. The van der Waals surface area contributed by atoms with Crippen molar-refractivity contribution >= 4 is 30.3 Å². The number of primary amides is 1. The molecule has 3 rings (SSSR count). The summed E-state index contributed by atoms with van der Waals surface area (Å²) in [6.07, 6.45) is 2.65. The molecule has 2 aromatic carbocycles. The van der Waals surface area contributed by atoms with Crippen LogP contribution in [0.25, 0.3) is 0 Å². The van der Waals surface area contributed by atoms with Crippen LogP contribution in [0.5, 0.6) is 0 Å². The van der Waals surface area contributed by atoms with E-state index >= 15 is 0 Å². The molecule has 0 atom stereocenters. The Morgan fingerprint density at radius 2 is 1.68 bits per heavy atom. The number of likely N-dealkylation sites (N-methyl/N-ethyl adjacent to an activating group) is 1. The van der Waals surface area contributed by atoms with Gasteiger partial charge in [0.1, 0.15) is 5.82 Å². The van der Waals surface area contributed by atoms with Crippen molar-refractivity contribution in [2.24, 2.45) is 11.5 Å². The van der Waals surface area contributed by atoms with Gasteiger partial charge in [-0.1, -0.05) is 52.5 Å². The van der Waals surface area contributed by atoms with Crippen LogP contribution >= 0.6 is 0 Å². The summed E-state index contributed by atoms with van der Waals surface area (Å²) in [5.74, 6) is -1.71. The van der Waals surface area contributed by atoms with Crippen molar-refractivity contribution in [2.45, 2.75) is 34.6 Å². The Kier molecular flexibility index (Phi) is 20.9. The van der Waals surface area contributed by atoms with Gasteiger partial charge in [0.2, 0.25) is 12.3 Å². The zero-order valence-electron chi connectivity index (χ0n) is 24.9. The molecule has 44 heavy (non-hydrogen) atoms. The average molecular weight is 859 g/mol. The number of carbonyl (C=O) groups excluding carboxylic acids is 4. The molecular weight excluding hydrogens is 812 g/mol. The summed E-state index contributed by atoms with van der Waals surface area (Å²) in [4.78, 5) is 49.8. The van der Waals surface area contributed by atoms with Gasteiger partial charge in [0.05, 0.1) is 18.8 Å². The SMILES string of the molecule is C.CC.CCN([C-]=O)CCOCCN.N=C(Cc1ccc(F)c(C(=O)N2CCN(C=O)CC2)c1)c1ccccc1C(N)=O.[Fm]. The van der Waals surface area contributed by atoms with E-state index in [1.54, 1.807) is 35.6 Å². The summed E-state index contributed by atoms with van der Waals surface area (Å²) in [7, 11) is 0. The fourth-order valence-electron chi connectivity index (χ4n) is 3.94. The van der Waals surface area contributed by atoms with Crippen LogP contribution in [-0.4, -0.2) is 104 Å². The second-order valence-corrected chi connectivity index (χ2v) is 8.88. The number of rotatable bonds is 13. The maximum atomic E-state index is 14.3. The van der Waals surface area contributed by atoms with E-state index in [9.17, 15) is 23.6 Å². The minimum Gasteiger partial charge on any atom is -0.520 e. The van der Waals surface area contributed by atoms with Gasteiger partial charge in [-0.25, -0.2) is 4.39 Å². The van der Waals surface area contributed by atoms with Crippen LogP contribution in [0.4, 0.5) is 4.39 Å². The Balaban J connectivity index is 0. The van der Waals surface area contributed by atoms with Crippen molar-refractivity contribution in [3.63, 3.8) is 0 Å². The zero-order valence-corrected chi connectivity index (χ0v) is 27.3. The fourth-order valence-corrected chi connectivity index (χ4v) is 3.94. The first-order valence-electron chi connectivity index (χ1n) is 13.9. The molecule has 0 unspecified atom stereocenters. The molecule has 250 valence electrons. The number of piperazine rings is 1. The number of benzene rings is 2. The van der Waals surface area contributed by atoms with E-state index in [2.05, 4.69) is 0 Å². The number of nitrogens with two attached hydrogens (primary N) is 2. The Morgan fingerprint density at radius 3 is 2.20 bits per heavy atom. The second-order valence-electron chi connectivity index (χ2n) is 8.88. The van der Waals surface area contributed by atoms with E-state index in [1.807, 2.05) is 20.8 Å². The van der Waals surface area contributed by atoms with Gasteiger partial charge in [-0.2, -0.15) is 6.41 Å². The van der Waals surface area contributed by atoms with Crippen molar-refractivity contribution < 1.29 is 28.3 Å². The van der Waals surface area contributed by atoms with E-state index in [-0.39, 0.29) is 30.7 Å². The first kappa shape index (κ1) is 41.0. The number of carbonyl (C=O) groups is 3. The molecule has 1 fully saturated rings. The molecule has 0 aromatic heterocycles. The minimum absolute atomic E-state index is 0. The van der Waals surface area contributed by atoms with Gasteiger partial charge in [0, 0.05) is 62.5 Å². The van der Waals surface area contributed by atoms with Crippen molar-refractivity contribution in [1.82, 2.24) is 14.7 Å². The van der Waals surface area contributed by atoms with E-state index < -0.39 is 17.6 Å². The number of amides is 4. The molecule has 11 nitrogen and oxygen atoms in total. The van der Waals surface area contributed by atoms with E-state index in [1.165, 1.54) is 28.0 Å². The van der Waals surface area contributed by atoms with E-state index in [4.69, 9.17) is 21.6 Å². The Bertz CT molecular complexity index is 1180. The molecule has 13 heteroatoms. The molecule has 1 heterocycles. The molecule has 0 spiro atoms. The average Bonchev–Trinajstić information content (AvgIpc) is 3.03. The monoisotopic (exact) mass is 858 g/mol. The predicted molar refractivity (Wildman–Crippen MR) is 166 cm³/mol.